The first-order valence-electron chi connectivity index (χ1n) is 6.35. The van der Waals surface area contributed by atoms with Crippen LogP contribution in [-0.4, -0.2) is 11.5 Å². The summed E-state index contributed by atoms with van der Waals surface area (Å²) in [5, 5.41) is 10.1. The van der Waals surface area contributed by atoms with Crippen LogP contribution in [0.15, 0.2) is 30.5 Å². The zero-order valence-electron chi connectivity index (χ0n) is 10.7. The monoisotopic (exact) mass is 241 g/mol. The molecule has 1 unspecified atom stereocenters. The van der Waals surface area contributed by atoms with Crippen LogP contribution in [-0.2, 0) is 5.41 Å². The molecule has 0 aliphatic carbocycles. The Labute approximate surface area is 108 Å². The highest BCUT2D eigenvalue weighted by Gasteiger charge is 2.28. The van der Waals surface area contributed by atoms with E-state index in [1.165, 1.54) is 10.9 Å². The lowest BCUT2D eigenvalue weighted by atomic mass is 9.76. The van der Waals surface area contributed by atoms with Crippen molar-refractivity contribution >= 4 is 10.9 Å². The fourth-order valence-electron chi connectivity index (χ4n) is 2.62. The van der Waals surface area contributed by atoms with Gasteiger partial charge in [-0.1, -0.05) is 25.1 Å². The fraction of sp³-hybridized carbons (Fsp3) is 0.400. The third kappa shape index (κ3) is 2.25. The summed E-state index contributed by atoms with van der Waals surface area (Å²) in [6.07, 6.45) is 4.38. The second kappa shape index (κ2) is 5.24. The van der Waals surface area contributed by atoms with Crippen molar-refractivity contribution in [3.8, 4) is 6.07 Å². The van der Waals surface area contributed by atoms with E-state index in [0.717, 1.165) is 18.4 Å². The van der Waals surface area contributed by atoms with Gasteiger partial charge < -0.3 is 10.7 Å². The molecule has 3 heteroatoms. The van der Waals surface area contributed by atoms with Gasteiger partial charge in [0.1, 0.15) is 0 Å². The van der Waals surface area contributed by atoms with Crippen molar-refractivity contribution in [3.05, 3.63) is 36.0 Å². The standard InChI is InChI=1S/C15H19N3/c1-15(8-10-17,7-4-9-16)13-11-18-14-6-3-2-5-12(13)14/h2-3,5-6,11,18H,4,7-8,10,17H2,1H3. The van der Waals surface area contributed by atoms with Gasteiger partial charge in [-0.3, -0.25) is 0 Å². The molecule has 18 heavy (non-hydrogen) atoms. The first-order chi connectivity index (χ1) is 8.71. The summed E-state index contributed by atoms with van der Waals surface area (Å²) >= 11 is 0. The van der Waals surface area contributed by atoms with Gasteiger partial charge >= 0.3 is 0 Å². The number of nitrogens with two attached hydrogens (primary N) is 1. The molecule has 3 N–H and O–H groups in total. The molecule has 1 atom stereocenters. The summed E-state index contributed by atoms with van der Waals surface area (Å²) in [7, 11) is 0. The van der Waals surface area contributed by atoms with Crippen LogP contribution in [0.25, 0.3) is 10.9 Å². The van der Waals surface area contributed by atoms with Gasteiger partial charge in [0.05, 0.1) is 6.07 Å². The van der Waals surface area contributed by atoms with Crippen LogP contribution in [0.2, 0.25) is 0 Å². The highest BCUT2D eigenvalue weighted by molar-refractivity contribution is 5.84. The number of aromatic amines is 1. The van der Waals surface area contributed by atoms with E-state index in [0.29, 0.717) is 13.0 Å². The van der Waals surface area contributed by atoms with E-state index in [4.69, 9.17) is 11.0 Å². The van der Waals surface area contributed by atoms with E-state index in [9.17, 15) is 0 Å². The van der Waals surface area contributed by atoms with Gasteiger partial charge in [-0.05, 0) is 36.4 Å². The van der Waals surface area contributed by atoms with Crippen LogP contribution in [0.5, 0.6) is 0 Å². The highest BCUT2D eigenvalue weighted by atomic mass is 14.7. The van der Waals surface area contributed by atoms with Gasteiger partial charge in [-0.15, -0.1) is 0 Å². The van der Waals surface area contributed by atoms with Crippen LogP contribution in [0.1, 0.15) is 31.7 Å². The van der Waals surface area contributed by atoms with E-state index in [2.05, 4.69) is 36.3 Å². The predicted octanol–water partition coefficient (Wildman–Crippen LogP) is 3.08. The van der Waals surface area contributed by atoms with Gasteiger partial charge in [-0.25, -0.2) is 0 Å². The Kier molecular flexibility index (Phi) is 3.69. The number of para-hydroxylation sites is 1. The van der Waals surface area contributed by atoms with Crippen molar-refractivity contribution < 1.29 is 0 Å². The SMILES string of the molecule is CC(CCN)(CCC#N)c1c[nH]c2ccccc12. The van der Waals surface area contributed by atoms with E-state index >= 15 is 0 Å². The number of hydrogen-bond acceptors (Lipinski definition) is 2. The van der Waals surface area contributed by atoms with Crippen LogP contribution in [0.4, 0.5) is 0 Å². The molecule has 0 saturated heterocycles. The van der Waals surface area contributed by atoms with E-state index in [1.807, 2.05) is 12.1 Å². The van der Waals surface area contributed by atoms with Crippen LogP contribution < -0.4 is 5.73 Å². The number of nitrogens with one attached hydrogen (secondary N) is 1. The van der Waals surface area contributed by atoms with Gasteiger partial charge in [-0.2, -0.15) is 5.26 Å². The number of H-pyrrole nitrogens is 1. The molecule has 0 bridgehead atoms. The lowest BCUT2D eigenvalue weighted by Crippen LogP contribution is -2.25. The predicted molar refractivity (Wildman–Crippen MR) is 74.2 cm³/mol. The van der Waals surface area contributed by atoms with E-state index in [-0.39, 0.29) is 5.41 Å². The molecule has 0 aliphatic rings. The molecule has 0 spiro atoms. The molecule has 2 aromatic rings. The number of benzene rings is 1. The molecule has 1 heterocycles. The van der Waals surface area contributed by atoms with Gasteiger partial charge in [0.2, 0.25) is 0 Å². The summed E-state index contributed by atoms with van der Waals surface area (Å²) in [4.78, 5) is 3.30. The minimum Gasteiger partial charge on any atom is -0.361 e. The second-order valence-corrected chi connectivity index (χ2v) is 5.01. The molecule has 0 radical (unpaired) electrons. The molecule has 1 aromatic carbocycles. The zero-order chi connectivity index (χ0) is 13.0. The molecule has 0 amide bonds. The van der Waals surface area contributed by atoms with Crippen molar-refractivity contribution in [2.45, 2.75) is 31.6 Å². The maximum Gasteiger partial charge on any atom is 0.0622 e. The molecule has 3 nitrogen and oxygen atoms in total. The van der Waals surface area contributed by atoms with Gasteiger partial charge in [0.25, 0.3) is 0 Å². The summed E-state index contributed by atoms with van der Waals surface area (Å²) in [5.41, 5.74) is 8.14. The van der Waals surface area contributed by atoms with Crippen molar-refractivity contribution in [3.63, 3.8) is 0 Å². The Balaban J connectivity index is 2.44. The van der Waals surface area contributed by atoms with Gasteiger partial charge in [0.15, 0.2) is 0 Å². The lowest BCUT2D eigenvalue weighted by molar-refractivity contribution is 0.415. The summed E-state index contributed by atoms with van der Waals surface area (Å²) in [6.45, 7) is 2.84. The second-order valence-electron chi connectivity index (χ2n) is 5.01. The Morgan fingerprint density at radius 2 is 2.11 bits per heavy atom. The molecule has 0 saturated carbocycles. The number of fused-ring (bicyclic) bond motifs is 1. The van der Waals surface area contributed by atoms with Crippen molar-refractivity contribution in [2.75, 3.05) is 6.54 Å². The minimum absolute atomic E-state index is 0.0237. The molecule has 0 fully saturated rings. The summed E-state index contributed by atoms with van der Waals surface area (Å²) in [5.74, 6) is 0. The number of rotatable bonds is 5. The van der Waals surface area contributed by atoms with Crippen molar-refractivity contribution in [1.82, 2.24) is 4.98 Å². The van der Waals surface area contributed by atoms with Crippen molar-refractivity contribution in [2.24, 2.45) is 5.73 Å². The fourth-order valence-corrected chi connectivity index (χ4v) is 2.62. The topological polar surface area (TPSA) is 65.6 Å². The quantitative estimate of drug-likeness (QED) is 0.844. The summed E-state index contributed by atoms with van der Waals surface area (Å²) in [6, 6.07) is 10.5. The average Bonchev–Trinajstić information content (AvgIpc) is 2.81. The third-order valence-electron chi connectivity index (χ3n) is 3.72. The summed E-state index contributed by atoms with van der Waals surface area (Å²) < 4.78 is 0. The Morgan fingerprint density at radius 1 is 1.33 bits per heavy atom. The van der Waals surface area contributed by atoms with Crippen LogP contribution in [0.3, 0.4) is 0 Å². The first kappa shape index (κ1) is 12.7. The molecule has 2 rings (SSSR count). The third-order valence-corrected chi connectivity index (χ3v) is 3.72. The normalized spacial score (nSPS) is 14.3. The lowest BCUT2D eigenvalue weighted by Gasteiger charge is -2.28. The molecule has 94 valence electrons. The van der Waals surface area contributed by atoms with Gasteiger partial charge in [0, 0.05) is 23.5 Å². The Bertz CT molecular complexity index is 564. The number of nitrogens with zero attached hydrogens (tertiary/aromatic N) is 1. The molecule has 1 aromatic heterocycles. The van der Waals surface area contributed by atoms with Crippen LogP contribution in [0, 0.1) is 11.3 Å². The highest BCUT2D eigenvalue weighted by Crippen LogP contribution is 2.36. The number of hydrogen-bond donors (Lipinski definition) is 2. The first-order valence-corrected chi connectivity index (χ1v) is 6.35. The number of nitriles is 1. The largest absolute Gasteiger partial charge is 0.361 e. The zero-order valence-corrected chi connectivity index (χ0v) is 10.7. The maximum atomic E-state index is 8.82. The number of aromatic nitrogens is 1. The Hall–Kier alpha value is -1.79. The molecular formula is C15H19N3. The van der Waals surface area contributed by atoms with Crippen molar-refractivity contribution in [1.29, 1.82) is 5.26 Å². The maximum absolute atomic E-state index is 8.82. The average molecular weight is 241 g/mol. The smallest absolute Gasteiger partial charge is 0.0622 e. The van der Waals surface area contributed by atoms with Crippen LogP contribution >= 0.6 is 0 Å². The van der Waals surface area contributed by atoms with E-state index in [1.54, 1.807) is 0 Å². The Morgan fingerprint density at radius 3 is 2.83 bits per heavy atom. The minimum atomic E-state index is -0.0237. The van der Waals surface area contributed by atoms with E-state index < -0.39 is 0 Å². The molecular weight excluding hydrogens is 222 g/mol. The molecule has 0 aliphatic heterocycles.